The molecule has 1 N–H and O–H groups in total. The lowest BCUT2D eigenvalue weighted by atomic mass is 10.0. The Hall–Kier alpha value is -1.95. The monoisotopic (exact) mass is 437 g/mol. The molecule has 0 aliphatic carbocycles. The first-order valence-electron chi connectivity index (χ1n) is 11.3. The van der Waals surface area contributed by atoms with Crippen molar-refractivity contribution in [2.45, 2.75) is 96.8 Å². The summed E-state index contributed by atoms with van der Waals surface area (Å²) in [4.78, 5) is 22.1. The van der Waals surface area contributed by atoms with Gasteiger partial charge in [-0.05, 0) is 12.5 Å². The molecule has 0 spiro atoms. The summed E-state index contributed by atoms with van der Waals surface area (Å²) in [6, 6.07) is 4.09. The van der Waals surface area contributed by atoms with Crippen molar-refractivity contribution in [3.63, 3.8) is 0 Å². The van der Waals surface area contributed by atoms with Crippen LogP contribution < -0.4 is 5.43 Å². The molecule has 1 aromatic rings. The molecule has 168 valence electrons. The lowest BCUT2D eigenvalue weighted by Crippen LogP contribution is -2.16. The highest BCUT2D eigenvalue weighted by Crippen LogP contribution is 2.20. The number of benzene rings is 1. The van der Waals surface area contributed by atoms with Gasteiger partial charge in [0.05, 0.1) is 11.1 Å². The number of halogens is 1. The van der Waals surface area contributed by atoms with Crippen molar-refractivity contribution in [3.8, 4) is 0 Å². The maximum Gasteiger partial charge on any atom is 0.270 e. The number of carbonyl (C=O) groups is 1. The van der Waals surface area contributed by atoms with Crippen LogP contribution >= 0.6 is 11.6 Å². The molecule has 0 bridgehead atoms. The van der Waals surface area contributed by atoms with Gasteiger partial charge in [-0.15, -0.1) is 0 Å². The van der Waals surface area contributed by atoms with E-state index in [0.717, 1.165) is 19.3 Å². The van der Waals surface area contributed by atoms with Gasteiger partial charge in [0.15, 0.2) is 0 Å². The minimum Gasteiger partial charge on any atom is -0.273 e. The highest BCUT2D eigenvalue weighted by atomic mass is 35.5. The molecule has 0 atom stereocenters. The fourth-order valence-corrected chi connectivity index (χ4v) is 3.44. The Morgan fingerprint density at radius 2 is 1.53 bits per heavy atom. The molecule has 0 aliphatic rings. The molecule has 0 saturated heterocycles. The van der Waals surface area contributed by atoms with Gasteiger partial charge in [-0.2, -0.15) is 5.10 Å². The number of nitrogens with zero attached hydrogens (tertiary/aromatic N) is 2. The van der Waals surface area contributed by atoms with Crippen LogP contribution in [0.1, 0.15) is 102 Å². The van der Waals surface area contributed by atoms with E-state index in [-0.39, 0.29) is 11.6 Å². The highest BCUT2D eigenvalue weighted by Gasteiger charge is 2.08. The number of hydrazone groups is 1. The number of nitro groups is 1. The number of unbranched alkanes of at least 4 members (excludes halogenated alkanes) is 12. The number of hydrogen-bond acceptors (Lipinski definition) is 4. The normalized spacial score (nSPS) is 11.1. The Kier molecular flexibility index (Phi) is 14.6. The SMILES string of the molecule is CCCCCCCCCCCCCCCC(=O)N/N=C/c1cc([N+](=O)[O-])ccc1Cl. The number of carbonyl (C=O) groups excluding carboxylic acids is 1. The van der Waals surface area contributed by atoms with Gasteiger partial charge < -0.3 is 0 Å². The molecule has 0 unspecified atom stereocenters. The zero-order valence-electron chi connectivity index (χ0n) is 18.2. The first-order chi connectivity index (χ1) is 14.5. The van der Waals surface area contributed by atoms with E-state index < -0.39 is 4.92 Å². The summed E-state index contributed by atoms with van der Waals surface area (Å²) in [5.41, 5.74) is 2.78. The van der Waals surface area contributed by atoms with Gasteiger partial charge in [0, 0.05) is 29.1 Å². The molecule has 1 amide bonds. The summed E-state index contributed by atoms with van der Waals surface area (Å²) in [7, 11) is 0. The van der Waals surface area contributed by atoms with Gasteiger partial charge in [0.1, 0.15) is 0 Å². The minimum absolute atomic E-state index is 0.0702. The first-order valence-corrected chi connectivity index (χ1v) is 11.7. The lowest BCUT2D eigenvalue weighted by molar-refractivity contribution is -0.384. The molecule has 30 heavy (non-hydrogen) atoms. The number of amides is 1. The molecule has 1 aromatic carbocycles. The number of nitro benzene ring substituents is 1. The van der Waals surface area contributed by atoms with Crippen LogP contribution in [-0.4, -0.2) is 17.0 Å². The van der Waals surface area contributed by atoms with Crippen LogP contribution in [0.15, 0.2) is 23.3 Å². The van der Waals surface area contributed by atoms with Gasteiger partial charge in [-0.3, -0.25) is 14.9 Å². The van der Waals surface area contributed by atoms with E-state index in [9.17, 15) is 14.9 Å². The maximum absolute atomic E-state index is 11.8. The standard InChI is InChI=1S/C23H36ClN3O3/c1-2-3-4-5-6-7-8-9-10-11-12-13-14-15-23(28)26-25-19-20-18-21(27(29)30)16-17-22(20)24/h16-19H,2-15H2,1H3,(H,26,28)/b25-19+. The second kappa shape index (κ2) is 16.8. The number of rotatable bonds is 17. The van der Waals surface area contributed by atoms with Gasteiger partial charge in [-0.1, -0.05) is 95.6 Å². The zero-order chi connectivity index (χ0) is 22.0. The Labute approximate surface area is 185 Å². The van der Waals surface area contributed by atoms with Gasteiger partial charge in [0.2, 0.25) is 5.91 Å². The molecule has 0 heterocycles. The number of hydrogen-bond donors (Lipinski definition) is 1. The Bertz CT molecular complexity index is 665. The summed E-state index contributed by atoms with van der Waals surface area (Å²) < 4.78 is 0. The third kappa shape index (κ3) is 12.6. The van der Waals surface area contributed by atoms with E-state index in [1.165, 1.54) is 88.6 Å². The highest BCUT2D eigenvalue weighted by molar-refractivity contribution is 6.33. The third-order valence-electron chi connectivity index (χ3n) is 5.09. The molecule has 0 saturated carbocycles. The van der Waals surface area contributed by atoms with Crippen molar-refractivity contribution < 1.29 is 9.72 Å². The molecule has 0 aliphatic heterocycles. The summed E-state index contributed by atoms with van der Waals surface area (Å²) in [6.07, 6.45) is 18.2. The van der Waals surface area contributed by atoms with Crippen molar-refractivity contribution in [2.75, 3.05) is 0 Å². The molecule has 7 heteroatoms. The third-order valence-corrected chi connectivity index (χ3v) is 5.43. The first kappa shape index (κ1) is 26.1. The van der Waals surface area contributed by atoms with Gasteiger partial charge >= 0.3 is 0 Å². The molecular formula is C23H36ClN3O3. The van der Waals surface area contributed by atoms with Crippen LogP contribution in [0.25, 0.3) is 0 Å². The van der Waals surface area contributed by atoms with Crippen molar-refractivity contribution in [2.24, 2.45) is 5.10 Å². The second-order valence-corrected chi connectivity index (χ2v) is 8.16. The lowest BCUT2D eigenvalue weighted by Gasteiger charge is -2.03. The second-order valence-electron chi connectivity index (χ2n) is 7.75. The number of nitrogens with one attached hydrogen (secondary N) is 1. The summed E-state index contributed by atoms with van der Waals surface area (Å²) in [6.45, 7) is 2.25. The van der Waals surface area contributed by atoms with E-state index in [4.69, 9.17) is 11.6 Å². The predicted molar refractivity (Wildman–Crippen MR) is 124 cm³/mol. The van der Waals surface area contributed by atoms with Crippen molar-refractivity contribution in [1.82, 2.24) is 5.43 Å². The molecular weight excluding hydrogens is 402 g/mol. The van der Waals surface area contributed by atoms with Crippen LogP contribution in [0.2, 0.25) is 5.02 Å². The molecule has 6 nitrogen and oxygen atoms in total. The molecule has 1 rings (SSSR count). The zero-order valence-corrected chi connectivity index (χ0v) is 19.0. The van der Waals surface area contributed by atoms with E-state index in [0.29, 0.717) is 17.0 Å². The molecule has 0 radical (unpaired) electrons. The van der Waals surface area contributed by atoms with Crippen LogP contribution in [0.4, 0.5) is 5.69 Å². The van der Waals surface area contributed by atoms with E-state index in [2.05, 4.69) is 17.5 Å². The van der Waals surface area contributed by atoms with Crippen LogP contribution in [-0.2, 0) is 4.79 Å². The average molecular weight is 438 g/mol. The summed E-state index contributed by atoms with van der Waals surface area (Å²) in [5, 5.41) is 15.0. The molecule has 0 fully saturated rings. The maximum atomic E-state index is 11.8. The van der Waals surface area contributed by atoms with Crippen LogP contribution in [0.3, 0.4) is 0 Å². The smallest absolute Gasteiger partial charge is 0.270 e. The van der Waals surface area contributed by atoms with E-state index in [1.807, 2.05) is 0 Å². The average Bonchev–Trinajstić information content (AvgIpc) is 2.72. The predicted octanol–water partition coefficient (Wildman–Crippen LogP) is 7.18. The number of non-ortho nitro benzene ring substituents is 1. The van der Waals surface area contributed by atoms with Gasteiger partial charge in [0.25, 0.3) is 5.69 Å². The largest absolute Gasteiger partial charge is 0.273 e. The Morgan fingerprint density at radius 1 is 1.00 bits per heavy atom. The Balaban J connectivity index is 2.03. The molecule has 0 aromatic heterocycles. The van der Waals surface area contributed by atoms with Crippen LogP contribution in [0, 0.1) is 10.1 Å². The quantitative estimate of drug-likeness (QED) is 0.121. The van der Waals surface area contributed by atoms with E-state index in [1.54, 1.807) is 0 Å². The van der Waals surface area contributed by atoms with E-state index >= 15 is 0 Å². The summed E-state index contributed by atoms with van der Waals surface area (Å²) >= 11 is 5.99. The fourth-order valence-electron chi connectivity index (χ4n) is 3.28. The topological polar surface area (TPSA) is 84.6 Å². The van der Waals surface area contributed by atoms with Crippen molar-refractivity contribution in [3.05, 3.63) is 38.9 Å². The Morgan fingerprint density at radius 3 is 2.07 bits per heavy atom. The van der Waals surface area contributed by atoms with Crippen molar-refractivity contribution >= 4 is 29.4 Å². The van der Waals surface area contributed by atoms with Crippen molar-refractivity contribution in [1.29, 1.82) is 0 Å². The fraction of sp³-hybridized carbons (Fsp3) is 0.652. The van der Waals surface area contributed by atoms with Gasteiger partial charge in [-0.25, -0.2) is 5.43 Å². The van der Waals surface area contributed by atoms with Crippen LogP contribution in [0.5, 0.6) is 0 Å². The summed E-state index contributed by atoms with van der Waals surface area (Å²) in [5.74, 6) is -0.157. The minimum atomic E-state index is -0.499.